The number of hydrazone groups is 1. The van der Waals surface area contributed by atoms with Gasteiger partial charge in [-0.05, 0) is 26.0 Å². The number of hydrogen-bond donors (Lipinski definition) is 2. The highest BCUT2D eigenvalue weighted by atomic mass is 16.5. The summed E-state index contributed by atoms with van der Waals surface area (Å²) in [7, 11) is 1.47. The molecule has 5 nitrogen and oxygen atoms in total. The zero-order valence-electron chi connectivity index (χ0n) is 10.6. The second-order valence-corrected chi connectivity index (χ2v) is 3.57. The van der Waals surface area contributed by atoms with Gasteiger partial charge in [-0.25, -0.2) is 5.43 Å². The van der Waals surface area contributed by atoms with Crippen molar-refractivity contribution >= 4 is 12.1 Å². The predicted octanol–water partition coefficient (Wildman–Crippen LogP) is 1.82. The summed E-state index contributed by atoms with van der Waals surface area (Å²) in [6.07, 6.45) is 3.05. The largest absolute Gasteiger partial charge is 0.504 e. The smallest absolute Gasteiger partial charge is 0.266 e. The molecule has 0 aromatic heterocycles. The molecule has 1 aromatic carbocycles. The van der Waals surface area contributed by atoms with Gasteiger partial charge >= 0.3 is 0 Å². The summed E-state index contributed by atoms with van der Waals surface area (Å²) >= 11 is 0. The number of benzene rings is 1. The molecule has 18 heavy (non-hydrogen) atoms. The third-order valence-corrected chi connectivity index (χ3v) is 2.41. The van der Waals surface area contributed by atoms with E-state index in [0.717, 1.165) is 0 Å². The van der Waals surface area contributed by atoms with E-state index in [1.54, 1.807) is 38.1 Å². The topological polar surface area (TPSA) is 70.9 Å². The van der Waals surface area contributed by atoms with E-state index in [9.17, 15) is 9.90 Å². The van der Waals surface area contributed by atoms with E-state index in [4.69, 9.17) is 4.74 Å². The van der Waals surface area contributed by atoms with E-state index < -0.39 is 0 Å². The van der Waals surface area contributed by atoms with Crippen LogP contribution in [0.4, 0.5) is 0 Å². The molecule has 0 saturated carbocycles. The summed E-state index contributed by atoms with van der Waals surface area (Å²) in [5.74, 6) is 0.0619. The lowest BCUT2D eigenvalue weighted by molar-refractivity contribution is -0.117. The van der Waals surface area contributed by atoms with Crippen molar-refractivity contribution in [1.29, 1.82) is 0 Å². The Balaban J connectivity index is 2.77. The van der Waals surface area contributed by atoms with Gasteiger partial charge in [0, 0.05) is 11.1 Å². The van der Waals surface area contributed by atoms with Crippen molar-refractivity contribution < 1.29 is 14.6 Å². The molecule has 0 atom stereocenters. The summed E-state index contributed by atoms with van der Waals surface area (Å²) in [5.41, 5.74) is 3.39. The van der Waals surface area contributed by atoms with Gasteiger partial charge in [0.15, 0.2) is 11.5 Å². The number of allylic oxidation sites excluding steroid dienone is 1. The van der Waals surface area contributed by atoms with Gasteiger partial charge in [-0.1, -0.05) is 12.1 Å². The lowest BCUT2D eigenvalue weighted by Crippen LogP contribution is -2.18. The van der Waals surface area contributed by atoms with Crippen LogP contribution in [0.15, 0.2) is 34.9 Å². The minimum Gasteiger partial charge on any atom is -0.504 e. The standard InChI is InChI=1S/C13H16N2O3/c1-4-9(2)13(17)15-14-8-10-6-5-7-11(18-3)12(10)16/h4-8,16H,1-3H3,(H,15,17)/b9-4?,14-8+. The van der Waals surface area contributed by atoms with Crippen LogP contribution in [0, 0.1) is 0 Å². The molecular formula is C13H16N2O3. The predicted molar refractivity (Wildman–Crippen MR) is 69.8 cm³/mol. The number of carbonyl (C=O) groups excluding carboxylic acids is 1. The first kappa shape index (κ1) is 13.8. The first-order valence-electron chi connectivity index (χ1n) is 5.42. The van der Waals surface area contributed by atoms with Crippen LogP contribution < -0.4 is 10.2 Å². The Bertz CT molecular complexity index is 493. The van der Waals surface area contributed by atoms with Crippen LogP contribution in [-0.4, -0.2) is 24.3 Å². The van der Waals surface area contributed by atoms with E-state index in [1.165, 1.54) is 13.3 Å². The van der Waals surface area contributed by atoms with Crippen molar-refractivity contribution in [2.45, 2.75) is 13.8 Å². The lowest BCUT2D eigenvalue weighted by atomic mass is 10.2. The molecule has 0 aliphatic carbocycles. The molecule has 1 rings (SSSR count). The van der Waals surface area contributed by atoms with E-state index >= 15 is 0 Å². The number of phenolic OH excluding ortho intramolecular Hbond substituents is 1. The molecular weight excluding hydrogens is 232 g/mol. The first-order valence-corrected chi connectivity index (χ1v) is 5.42. The molecule has 0 aliphatic heterocycles. The van der Waals surface area contributed by atoms with Crippen LogP contribution in [0.25, 0.3) is 0 Å². The zero-order chi connectivity index (χ0) is 13.5. The number of nitrogens with one attached hydrogen (secondary N) is 1. The molecule has 0 saturated heterocycles. The molecule has 0 heterocycles. The van der Waals surface area contributed by atoms with Crippen molar-refractivity contribution in [3.63, 3.8) is 0 Å². The SMILES string of the molecule is CC=C(C)C(=O)N/N=C/c1cccc(OC)c1O. The van der Waals surface area contributed by atoms with Crippen molar-refractivity contribution in [1.82, 2.24) is 5.43 Å². The molecule has 0 spiro atoms. The third-order valence-electron chi connectivity index (χ3n) is 2.41. The summed E-state index contributed by atoms with van der Waals surface area (Å²) in [6.45, 7) is 3.46. The van der Waals surface area contributed by atoms with Gasteiger partial charge in [-0.3, -0.25) is 4.79 Å². The molecule has 0 aliphatic rings. The van der Waals surface area contributed by atoms with E-state index in [1.807, 2.05) is 0 Å². The zero-order valence-corrected chi connectivity index (χ0v) is 10.6. The van der Waals surface area contributed by atoms with Crippen molar-refractivity contribution in [3.8, 4) is 11.5 Å². The number of ether oxygens (including phenoxy) is 1. The summed E-state index contributed by atoms with van der Waals surface area (Å²) in [5, 5.41) is 13.5. The average molecular weight is 248 g/mol. The number of carbonyl (C=O) groups is 1. The van der Waals surface area contributed by atoms with Gasteiger partial charge in [0.1, 0.15) is 0 Å². The quantitative estimate of drug-likeness (QED) is 0.485. The number of rotatable bonds is 4. The van der Waals surface area contributed by atoms with Crippen LogP contribution in [0.5, 0.6) is 11.5 Å². The minimum absolute atomic E-state index is 0.0132. The van der Waals surface area contributed by atoms with Crippen LogP contribution in [-0.2, 0) is 4.79 Å². The fraction of sp³-hybridized carbons (Fsp3) is 0.231. The molecule has 96 valence electrons. The number of phenols is 1. The molecule has 0 bridgehead atoms. The molecule has 0 radical (unpaired) electrons. The van der Waals surface area contributed by atoms with Gasteiger partial charge in [0.25, 0.3) is 5.91 Å². The summed E-state index contributed by atoms with van der Waals surface area (Å²) < 4.78 is 4.96. The monoisotopic (exact) mass is 248 g/mol. The van der Waals surface area contributed by atoms with Gasteiger partial charge in [-0.15, -0.1) is 0 Å². The lowest BCUT2D eigenvalue weighted by Gasteiger charge is -2.04. The molecule has 1 amide bonds. The number of para-hydroxylation sites is 1. The van der Waals surface area contributed by atoms with Crippen molar-refractivity contribution in [2.24, 2.45) is 5.10 Å². The Labute approximate surface area is 106 Å². The third kappa shape index (κ3) is 3.35. The Morgan fingerprint density at radius 3 is 2.83 bits per heavy atom. The van der Waals surface area contributed by atoms with Gasteiger partial charge in [0.2, 0.25) is 0 Å². The maximum Gasteiger partial charge on any atom is 0.266 e. The van der Waals surface area contributed by atoms with Crippen LogP contribution in [0.1, 0.15) is 19.4 Å². The summed E-state index contributed by atoms with van der Waals surface area (Å²) in [4.78, 5) is 11.4. The summed E-state index contributed by atoms with van der Waals surface area (Å²) in [6, 6.07) is 5.02. The van der Waals surface area contributed by atoms with Crippen LogP contribution in [0.3, 0.4) is 0 Å². The maximum atomic E-state index is 11.4. The van der Waals surface area contributed by atoms with Crippen LogP contribution >= 0.6 is 0 Å². The maximum absolute atomic E-state index is 11.4. The van der Waals surface area contributed by atoms with E-state index in [2.05, 4.69) is 10.5 Å². The Kier molecular flexibility index (Phi) is 4.92. The van der Waals surface area contributed by atoms with E-state index in [0.29, 0.717) is 16.9 Å². The number of nitrogens with zero attached hydrogens (tertiary/aromatic N) is 1. The van der Waals surface area contributed by atoms with Gasteiger partial charge in [0.05, 0.1) is 13.3 Å². The highest BCUT2D eigenvalue weighted by Gasteiger charge is 2.05. The Morgan fingerprint density at radius 1 is 1.50 bits per heavy atom. The second kappa shape index (κ2) is 6.44. The highest BCUT2D eigenvalue weighted by molar-refractivity contribution is 5.93. The van der Waals surface area contributed by atoms with Crippen molar-refractivity contribution in [3.05, 3.63) is 35.4 Å². The van der Waals surface area contributed by atoms with Crippen LogP contribution in [0.2, 0.25) is 0 Å². The first-order chi connectivity index (χ1) is 8.60. The molecule has 0 fully saturated rings. The minimum atomic E-state index is -0.281. The number of methoxy groups -OCH3 is 1. The fourth-order valence-electron chi connectivity index (χ4n) is 1.19. The molecule has 0 unspecified atom stereocenters. The average Bonchev–Trinajstić information content (AvgIpc) is 2.39. The second-order valence-electron chi connectivity index (χ2n) is 3.57. The molecule has 5 heteroatoms. The normalized spacial score (nSPS) is 11.6. The molecule has 1 aromatic rings. The van der Waals surface area contributed by atoms with Gasteiger partial charge in [-0.2, -0.15) is 5.10 Å². The van der Waals surface area contributed by atoms with Gasteiger partial charge < -0.3 is 9.84 Å². The molecule has 2 N–H and O–H groups in total. The highest BCUT2D eigenvalue weighted by Crippen LogP contribution is 2.27. The Hall–Kier alpha value is -2.30. The Morgan fingerprint density at radius 2 is 2.22 bits per heavy atom. The number of amides is 1. The number of aromatic hydroxyl groups is 1. The van der Waals surface area contributed by atoms with Crippen molar-refractivity contribution in [2.75, 3.05) is 7.11 Å². The fourth-order valence-corrected chi connectivity index (χ4v) is 1.19. The number of hydrogen-bond acceptors (Lipinski definition) is 4. The van der Waals surface area contributed by atoms with E-state index in [-0.39, 0.29) is 11.7 Å².